The second-order valence-electron chi connectivity index (χ2n) is 11.1. The Morgan fingerprint density at radius 1 is 0.447 bits per heavy atom. The van der Waals surface area contributed by atoms with E-state index in [0.29, 0.717) is 5.75 Å². The Labute approximate surface area is 275 Å². The number of methoxy groups -OCH3 is 1. The lowest BCUT2D eigenvalue weighted by atomic mass is 10.1. The van der Waals surface area contributed by atoms with E-state index in [0.717, 1.165) is 34.1 Å². The maximum Gasteiger partial charge on any atom is 0.343 e. The molecule has 0 aliphatic heterocycles. The molecule has 0 aliphatic rings. The zero-order valence-electron chi connectivity index (χ0n) is 26.5. The summed E-state index contributed by atoms with van der Waals surface area (Å²) in [5.74, 6) is -0.695. The standard InChI is InChI=1S/C41H34N2O4/c1-29-17-18-38(27-30(29)2)43(34-15-8-5-9-16-34)36-21-19-35(20-22-36)42(33-13-6-4-7-14-33)37-23-25-39(26-24-37)47-41(45)32-12-10-11-31(28-32)40(44)46-3/h4-28H,1-3H3. The highest BCUT2D eigenvalue weighted by Gasteiger charge is 2.17. The van der Waals surface area contributed by atoms with E-state index in [9.17, 15) is 9.59 Å². The van der Waals surface area contributed by atoms with E-state index in [4.69, 9.17) is 9.47 Å². The van der Waals surface area contributed by atoms with Gasteiger partial charge in [0.05, 0.1) is 18.2 Å². The summed E-state index contributed by atoms with van der Waals surface area (Å²) in [5, 5.41) is 0. The van der Waals surface area contributed by atoms with Gasteiger partial charge in [-0.3, -0.25) is 0 Å². The van der Waals surface area contributed by atoms with Crippen LogP contribution < -0.4 is 14.5 Å². The van der Waals surface area contributed by atoms with E-state index in [1.807, 2.05) is 36.4 Å². The van der Waals surface area contributed by atoms with Crippen molar-refractivity contribution < 1.29 is 19.1 Å². The summed E-state index contributed by atoms with van der Waals surface area (Å²) in [4.78, 5) is 29.2. The monoisotopic (exact) mass is 618 g/mol. The molecule has 0 spiro atoms. The number of nitrogens with zero attached hydrogens (tertiary/aromatic N) is 2. The zero-order chi connectivity index (χ0) is 32.8. The van der Waals surface area contributed by atoms with Gasteiger partial charge < -0.3 is 19.3 Å². The van der Waals surface area contributed by atoms with E-state index in [1.54, 1.807) is 30.3 Å². The van der Waals surface area contributed by atoms with Crippen LogP contribution in [0.1, 0.15) is 31.8 Å². The maximum absolute atomic E-state index is 12.9. The number of esters is 2. The van der Waals surface area contributed by atoms with E-state index < -0.39 is 11.9 Å². The number of benzene rings is 6. The molecule has 0 aromatic heterocycles. The predicted molar refractivity (Wildman–Crippen MR) is 188 cm³/mol. The molecule has 232 valence electrons. The highest BCUT2D eigenvalue weighted by molar-refractivity contribution is 5.96. The molecule has 0 amide bonds. The smallest absolute Gasteiger partial charge is 0.343 e. The molecule has 6 nitrogen and oxygen atoms in total. The summed E-state index contributed by atoms with van der Waals surface area (Å²) in [7, 11) is 1.30. The quantitative estimate of drug-likeness (QED) is 0.119. The molecular formula is C41H34N2O4. The Kier molecular flexibility index (Phi) is 9.11. The Morgan fingerprint density at radius 3 is 1.40 bits per heavy atom. The van der Waals surface area contributed by atoms with Crippen LogP contribution in [-0.2, 0) is 4.74 Å². The third-order valence-corrected chi connectivity index (χ3v) is 7.97. The first kappa shape index (κ1) is 30.9. The molecule has 0 N–H and O–H groups in total. The fraction of sp³-hybridized carbons (Fsp3) is 0.0732. The molecule has 0 saturated heterocycles. The maximum atomic E-state index is 12.9. The summed E-state index contributed by atoms with van der Waals surface area (Å²) in [5.41, 5.74) is 9.08. The van der Waals surface area contributed by atoms with Gasteiger partial charge in [-0.25, -0.2) is 9.59 Å². The summed E-state index contributed by atoms with van der Waals surface area (Å²) in [6.45, 7) is 4.26. The normalized spacial score (nSPS) is 10.6. The van der Waals surface area contributed by atoms with Gasteiger partial charge in [-0.2, -0.15) is 0 Å². The van der Waals surface area contributed by atoms with Gasteiger partial charge in [-0.15, -0.1) is 0 Å². The van der Waals surface area contributed by atoms with Crippen LogP contribution in [0.15, 0.2) is 152 Å². The van der Waals surface area contributed by atoms with Crippen LogP contribution in [0.2, 0.25) is 0 Å². The van der Waals surface area contributed by atoms with Gasteiger partial charge in [-0.1, -0.05) is 48.5 Å². The van der Waals surface area contributed by atoms with Crippen LogP contribution >= 0.6 is 0 Å². The summed E-state index contributed by atoms with van der Waals surface area (Å²) in [6, 6.07) is 49.1. The van der Waals surface area contributed by atoms with Crippen molar-refractivity contribution in [3.63, 3.8) is 0 Å². The van der Waals surface area contributed by atoms with Crippen LogP contribution in [0.5, 0.6) is 5.75 Å². The van der Waals surface area contributed by atoms with Crippen LogP contribution in [0.3, 0.4) is 0 Å². The number of rotatable bonds is 9. The minimum atomic E-state index is -0.564. The van der Waals surface area contributed by atoms with Gasteiger partial charge >= 0.3 is 11.9 Å². The molecule has 0 fully saturated rings. The van der Waals surface area contributed by atoms with Crippen molar-refractivity contribution in [1.29, 1.82) is 0 Å². The van der Waals surface area contributed by atoms with E-state index in [1.165, 1.54) is 24.3 Å². The number of hydrogen-bond acceptors (Lipinski definition) is 6. The average molecular weight is 619 g/mol. The first-order valence-corrected chi connectivity index (χ1v) is 15.3. The highest BCUT2D eigenvalue weighted by Crippen LogP contribution is 2.39. The van der Waals surface area contributed by atoms with Crippen molar-refractivity contribution in [3.05, 3.63) is 174 Å². The van der Waals surface area contributed by atoms with Crippen molar-refractivity contribution in [1.82, 2.24) is 0 Å². The molecule has 0 heterocycles. The van der Waals surface area contributed by atoms with E-state index in [2.05, 4.69) is 103 Å². The molecule has 0 unspecified atom stereocenters. The van der Waals surface area contributed by atoms with Gasteiger partial charge in [0.15, 0.2) is 0 Å². The minimum absolute atomic E-state index is 0.258. The molecule has 0 atom stereocenters. The second-order valence-corrected chi connectivity index (χ2v) is 11.1. The molecule has 0 radical (unpaired) electrons. The largest absolute Gasteiger partial charge is 0.465 e. The number of ether oxygens (including phenoxy) is 2. The van der Waals surface area contributed by atoms with Gasteiger partial charge in [0.2, 0.25) is 0 Å². The van der Waals surface area contributed by atoms with Crippen LogP contribution in [0.25, 0.3) is 0 Å². The minimum Gasteiger partial charge on any atom is -0.465 e. The molecule has 0 aliphatic carbocycles. The zero-order valence-corrected chi connectivity index (χ0v) is 26.5. The topological polar surface area (TPSA) is 59.1 Å². The molecular weight excluding hydrogens is 584 g/mol. The van der Waals surface area contributed by atoms with Gasteiger partial charge in [-0.05, 0) is 128 Å². The predicted octanol–water partition coefficient (Wildman–Crippen LogP) is 10.2. The Bertz CT molecular complexity index is 1990. The number of para-hydroxylation sites is 2. The van der Waals surface area contributed by atoms with E-state index in [-0.39, 0.29) is 11.1 Å². The summed E-state index contributed by atoms with van der Waals surface area (Å²) >= 11 is 0. The molecule has 0 saturated carbocycles. The van der Waals surface area contributed by atoms with Crippen LogP contribution in [0, 0.1) is 13.8 Å². The lowest BCUT2D eigenvalue weighted by Crippen LogP contribution is -2.13. The van der Waals surface area contributed by atoms with Crippen LogP contribution in [-0.4, -0.2) is 19.0 Å². The molecule has 6 aromatic carbocycles. The number of anilines is 6. The van der Waals surface area contributed by atoms with E-state index >= 15 is 0 Å². The average Bonchev–Trinajstić information content (AvgIpc) is 3.12. The van der Waals surface area contributed by atoms with Gasteiger partial charge in [0, 0.05) is 34.1 Å². The molecule has 6 rings (SSSR count). The lowest BCUT2D eigenvalue weighted by molar-refractivity contribution is 0.0600. The highest BCUT2D eigenvalue weighted by atomic mass is 16.5. The summed E-state index contributed by atoms with van der Waals surface area (Å²) in [6.07, 6.45) is 0. The fourth-order valence-corrected chi connectivity index (χ4v) is 5.38. The Balaban J connectivity index is 1.30. The van der Waals surface area contributed by atoms with Crippen molar-refractivity contribution >= 4 is 46.1 Å². The van der Waals surface area contributed by atoms with Crippen molar-refractivity contribution in [3.8, 4) is 5.75 Å². The summed E-state index contributed by atoms with van der Waals surface area (Å²) < 4.78 is 10.4. The van der Waals surface area contributed by atoms with Crippen molar-refractivity contribution in [2.75, 3.05) is 16.9 Å². The van der Waals surface area contributed by atoms with Gasteiger partial charge in [0.25, 0.3) is 0 Å². The first-order valence-electron chi connectivity index (χ1n) is 15.3. The number of hydrogen-bond donors (Lipinski definition) is 0. The fourth-order valence-electron chi connectivity index (χ4n) is 5.38. The second kappa shape index (κ2) is 13.9. The number of aryl methyl sites for hydroxylation is 2. The Hall–Kier alpha value is -6.14. The number of carbonyl (C=O) groups is 2. The lowest BCUT2D eigenvalue weighted by Gasteiger charge is -2.28. The molecule has 6 heteroatoms. The molecule has 6 aromatic rings. The van der Waals surface area contributed by atoms with Crippen LogP contribution in [0.4, 0.5) is 34.1 Å². The first-order chi connectivity index (χ1) is 22.9. The van der Waals surface area contributed by atoms with Crippen molar-refractivity contribution in [2.24, 2.45) is 0 Å². The van der Waals surface area contributed by atoms with Crippen molar-refractivity contribution in [2.45, 2.75) is 13.8 Å². The molecule has 47 heavy (non-hydrogen) atoms. The SMILES string of the molecule is COC(=O)c1cccc(C(=O)Oc2ccc(N(c3ccccc3)c3ccc(N(c4ccccc4)c4ccc(C)c(C)c4)cc3)cc2)c1. The van der Waals surface area contributed by atoms with Gasteiger partial charge in [0.1, 0.15) is 5.75 Å². The third-order valence-electron chi connectivity index (χ3n) is 7.97. The molecule has 0 bridgehead atoms. The Morgan fingerprint density at radius 2 is 0.894 bits per heavy atom. The third kappa shape index (κ3) is 6.92. The number of carbonyl (C=O) groups excluding carboxylic acids is 2.